The van der Waals surface area contributed by atoms with E-state index >= 15 is 0 Å². The molecule has 1 fully saturated rings. The first-order valence-corrected chi connectivity index (χ1v) is 7.24. The molecule has 0 radical (unpaired) electrons. The highest BCUT2D eigenvalue weighted by Crippen LogP contribution is 2.32. The maximum Gasteiger partial charge on any atom is 0.161 e. The molecule has 2 aromatic rings. The van der Waals surface area contributed by atoms with E-state index in [4.69, 9.17) is 8.83 Å². The number of hydrogen-bond donors (Lipinski definition) is 1. The second kappa shape index (κ2) is 5.67. The Kier molecular flexibility index (Phi) is 3.74. The van der Waals surface area contributed by atoms with Gasteiger partial charge in [-0.3, -0.25) is 4.79 Å². The third-order valence-corrected chi connectivity index (χ3v) is 4.09. The summed E-state index contributed by atoms with van der Waals surface area (Å²) in [6, 6.07) is 7.76. The SMILES string of the molecule is CCC[C@@H]1C(=O)C[C@@H](c2ccco2)[NH2+][C@@H]1c1ccco1. The lowest BCUT2D eigenvalue weighted by Gasteiger charge is -2.31. The Balaban J connectivity index is 1.87. The minimum absolute atomic E-state index is 0.0392. The van der Waals surface area contributed by atoms with Gasteiger partial charge in [-0.1, -0.05) is 13.3 Å². The van der Waals surface area contributed by atoms with Crippen LogP contribution in [-0.2, 0) is 4.79 Å². The van der Waals surface area contributed by atoms with Gasteiger partial charge in [-0.15, -0.1) is 0 Å². The van der Waals surface area contributed by atoms with Crippen LogP contribution >= 0.6 is 0 Å². The van der Waals surface area contributed by atoms with Crippen LogP contribution < -0.4 is 5.32 Å². The summed E-state index contributed by atoms with van der Waals surface area (Å²) in [6.45, 7) is 2.12. The molecule has 0 spiro atoms. The van der Waals surface area contributed by atoms with E-state index in [-0.39, 0.29) is 18.0 Å². The summed E-state index contributed by atoms with van der Waals surface area (Å²) in [4.78, 5) is 12.5. The first-order chi connectivity index (χ1) is 9.79. The summed E-state index contributed by atoms with van der Waals surface area (Å²) in [6.07, 6.45) is 5.79. The quantitative estimate of drug-likeness (QED) is 0.932. The van der Waals surface area contributed by atoms with Crippen molar-refractivity contribution in [3.63, 3.8) is 0 Å². The Bertz CT molecular complexity index is 544. The molecule has 0 amide bonds. The normalized spacial score (nSPS) is 26.9. The Morgan fingerprint density at radius 2 is 1.90 bits per heavy atom. The minimum Gasteiger partial charge on any atom is -0.463 e. The van der Waals surface area contributed by atoms with Crippen molar-refractivity contribution >= 4 is 5.78 Å². The Morgan fingerprint density at radius 3 is 2.50 bits per heavy atom. The minimum atomic E-state index is 0.0392. The van der Waals surface area contributed by atoms with Gasteiger partial charge in [0.25, 0.3) is 0 Å². The summed E-state index contributed by atoms with van der Waals surface area (Å²) in [5, 5.41) is 2.22. The average Bonchev–Trinajstić information content (AvgIpc) is 3.14. The van der Waals surface area contributed by atoms with Gasteiger partial charge in [0, 0.05) is 0 Å². The predicted octanol–water partition coefficient (Wildman–Crippen LogP) is 2.61. The molecule has 2 N–H and O–H groups in total. The van der Waals surface area contributed by atoms with E-state index in [1.54, 1.807) is 12.5 Å². The Morgan fingerprint density at radius 1 is 1.20 bits per heavy atom. The van der Waals surface area contributed by atoms with E-state index < -0.39 is 0 Å². The van der Waals surface area contributed by atoms with Crippen LogP contribution in [0.25, 0.3) is 0 Å². The smallest absolute Gasteiger partial charge is 0.161 e. The van der Waals surface area contributed by atoms with Crippen LogP contribution in [0, 0.1) is 5.92 Å². The van der Waals surface area contributed by atoms with Gasteiger partial charge in [0.05, 0.1) is 24.9 Å². The maximum absolute atomic E-state index is 12.5. The molecule has 4 heteroatoms. The maximum atomic E-state index is 12.5. The van der Waals surface area contributed by atoms with Gasteiger partial charge in [0.15, 0.2) is 23.6 Å². The highest BCUT2D eigenvalue weighted by atomic mass is 16.3. The van der Waals surface area contributed by atoms with Gasteiger partial charge < -0.3 is 14.2 Å². The molecule has 1 aliphatic rings. The lowest BCUT2D eigenvalue weighted by molar-refractivity contribution is -0.746. The van der Waals surface area contributed by atoms with Crippen LogP contribution in [0.15, 0.2) is 45.6 Å². The molecule has 4 nitrogen and oxygen atoms in total. The van der Waals surface area contributed by atoms with Crippen molar-refractivity contribution in [3.05, 3.63) is 48.3 Å². The number of nitrogens with two attached hydrogens (primary N) is 1. The van der Waals surface area contributed by atoms with Crippen LogP contribution in [-0.4, -0.2) is 5.78 Å². The van der Waals surface area contributed by atoms with E-state index in [0.717, 1.165) is 24.4 Å². The molecule has 1 aliphatic heterocycles. The monoisotopic (exact) mass is 274 g/mol. The summed E-state index contributed by atoms with van der Waals surface area (Å²) < 4.78 is 11.0. The summed E-state index contributed by atoms with van der Waals surface area (Å²) in [5.74, 6) is 2.10. The number of Topliss-reactive ketones (excluding diaryl/α,β-unsaturated/α-hetero) is 1. The lowest BCUT2D eigenvalue weighted by atomic mass is 9.81. The largest absolute Gasteiger partial charge is 0.463 e. The molecule has 0 unspecified atom stereocenters. The van der Waals surface area contributed by atoms with E-state index in [1.165, 1.54) is 0 Å². The molecule has 20 heavy (non-hydrogen) atoms. The zero-order chi connectivity index (χ0) is 13.9. The van der Waals surface area contributed by atoms with Crippen molar-refractivity contribution in [2.24, 2.45) is 5.92 Å². The number of rotatable bonds is 4. The van der Waals surface area contributed by atoms with E-state index in [2.05, 4.69) is 12.2 Å². The zero-order valence-electron chi connectivity index (χ0n) is 11.6. The van der Waals surface area contributed by atoms with Gasteiger partial charge in [0.2, 0.25) is 0 Å². The fraction of sp³-hybridized carbons (Fsp3) is 0.438. The number of furan rings is 2. The number of piperidine rings is 1. The second-order valence-electron chi connectivity index (χ2n) is 5.42. The van der Waals surface area contributed by atoms with Crippen molar-refractivity contribution in [3.8, 4) is 0 Å². The number of carbonyl (C=O) groups excluding carboxylic acids is 1. The van der Waals surface area contributed by atoms with Crippen LogP contribution in [0.3, 0.4) is 0 Å². The van der Waals surface area contributed by atoms with Crippen molar-refractivity contribution in [2.75, 3.05) is 0 Å². The van der Waals surface area contributed by atoms with Crippen LogP contribution in [0.2, 0.25) is 0 Å². The molecule has 0 saturated carbocycles. The lowest BCUT2D eigenvalue weighted by Crippen LogP contribution is -2.90. The van der Waals surface area contributed by atoms with E-state index in [0.29, 0.717) is 12.2 Å². The fourth-order valence-electron chi connectivity index (χ4n) is 3.14. The second-order valence-corrected chi connectivity index (χ2v) is 5.42. The highest BCUT2D eigenvalue weighted by Gasteiger charge is 2.42. The van der Waals surface area contributed by atoms with Crippen LogP contribution in [0.1, 0.15) is 49.8 Å². The Hall–Kier alpha value is -1.81. The standard InChI is InChI=1S/C16H19NO3/c1-2-5-11-13(18)10-12(14-6-3-8-19-14)17-16(11)15-7-4-9-20-15/h3-4,6-9,11-12,16-17H,2,5,10H2,1H3/p+1/t11-,12+,16+/m1/s1. The van der Waals surface area contributed by atoms with Crippen molar-refractivity contribution in [2.45, 2.75) is 38.3 Å². The number of carbonyl (C=O) groups is 1. The Labute approximate surface area is 118 Å². The van der Waals surface area contributed by atoms with Crippen molar-refractivity contribution < 1.29 is 18.9 Å². The third kappa shape index (κ3) is 2.43. The molecule has 1 saturated heterocycles. The molecule has 0 bridgehead atoms. The fourth-order valence-corrected chi connectivity index (χ4v) is 3.14. The molecule has 3 heterocycles. The molecule has 3 rings (SSSR count). The zero-order valence-corrected chi connectivity index (χ0v) is 11.6. The number of ketones is 1. The third-order valence-electron chi connectivity index (χ3n) is 4.09. The van der Waals surface area contributed by atoms with Gasteiger partial charge >= 0.3 is 0 Å². The van der Waals surface area contributed by atoms with Crippen LogP contribution in [0.4, 0.5) is 0 Å². The van der Waals surface area contributed by atoms with E-state index in [1.807, 2.05) is 24.3 Å². The number of quaternary nitrogens is 1. The van der Waals surface area contributed by atoms with Gasteiger partial charge in [0.1, 0.15) is 5.78 Å². The molecule has 2 aromatic heterocycles. The average molecular weight is 274 g/mol. The van der Waals surface area contributed by atoms with E-state index in [9.17, 15) is 4.79 Å². The topological polar surface area (TPSA) is 60.0 Å². The first kappa shape index (κ1) is 13.2. The molecular weight excluding hydrogens is 254 g/mol. The van der Waals surface area contributed by atoms with Crippen molar-refractivity contribution in [1.82, 2.24) is 0 Å². The van der Waals surface area contributed by atoms with Gasteiger partial charge in [-0.25, -0.2) is 0 Å². The summed E-state index contributed by atoms with van der Waals surface area (Å²) >= 11 is 0. The molecular formula is C16H20NO3+. The predicted molar refractivity (Wildman–Crippen MR) is 72.8 cm³/mol. The molecule has 3 atom stereocenters. The molecule has 0 aromatic carbocycles. The van der Waals surface area contributed by atoms with Gasteiger partial charge in [-0.2, -0.15) is 0 Å². The van der Waals surface area contributed by atoms with Gasteiger partial charge in [-0.05, 0) is 30.7 Å². The van der Waals surface area contributed by atoms with Crippen molar-refractivity contribution in [1.29, 1.82) is 0 Å². The summed E-state index contributed by atoms with van der Waals surface area (Å²) in [5.41, 5.74) is 0. The summed E-state index contributed by atoms with van der Waals surface area (Å²) in [7, 11) is 0. The highest BCUT2D eigenvalue weighted by molar-refractivity contribution is 5.82. The molecule has 106 valence electrons. The number of hydrogen-bond acceptors (Lipinski definition) is 3. The van der Waals surface area contributed by atoms with Crippen LogP contribution in [0.5, 0.6) is 0 Å². The molecule has 0 aliphatic carbocycles. The first-order valence-electron chi connectivity index (χ1n) is 7.24.